The molecule has 1 amide bonds. The van der Waals surface area contributed by atoms with Gasteiger partial charge in [0.2, 0.25) is 0 Å². The topological polar surface area (TPSA) is 41.6 Å². The molecule has 0 aliphatic carbocycles. The standard InChI is InChI=1S/C19H28N2O2/c1-19(2,3)23-18(22)21-12-9-15-5-4-6-16(17(15)21)13-14-7-10-20-11-8-14/h4-6,14,20H,7-13H2,1-3H3. The number of carbonyl (C=O) groups excluding carboxylic acids is 1. The highest BCUT2D eigenvalue weighted by Crippen LogP contribution is 2.35. The lowest BCUT2D eigenvalue weighted by Crippen LogP contribution is -2.36. The third kappa shape index (κ3) is 3.86. The lowest BCUT2D eigenvalue weighted by Gasteiger charge is -2.28. The van der Waals surface area contributed by atoms with Gasteiger partial charge in [-0.05, 0) is 76.6 Å². The summed E-state index contributed by atoms with van der Waals surface area (Å²) >= 11 is 0. The quantitative estimate of drug-likeness (QED) is 0.907. The maximum absolute atomic E-state index is 12.6. The molecule has 3 rings (SSSR count). The Morgan fingerprint density at radius 3 is 2.74 bits per heavy atom. The van der Waals surface area contributed by atoms with Gasteiger partial charge in [0.25, 0.3) is 0 Å². The van der Waals surface area contributed by atoms with Gasteiger partial charge in [0.1, 0.15) is 5.60 Å². The van der Waals surface area contributed by atoms with E-state index in [2.05, 4.69) is 23.5 Å². The third-order valence-electron chi connectivity index (χ3n) is 4.66. The minimum Gasteiger partial charge on any atom is -0.443 e. The van der Waals surface area contributed by atoms with Gasteiger partial charge in [-0.3, -0.25) is 4.90 Å². The SMILES string of the molecule is CC(C)(C)OC(=O)N1CCc2cccc(CC3CCNCC3)c21. The van der Waals surface area contributed by atoms with Crippen molar-refractivity contribution < 1.29 is 9.53 Å². The Morgan fingerprint density at radius 1 is 1.30 bits per heavy atom. The van der Waals surface area contributed by atoms with Gasteiger partial charge in [-0.15, -0.1) is 0 Å². The summed E-state index contributed by atoms with van der Waals surface area (Å²) in [6.45, 7) is 8.70. The highest BCUT2D eigenvalue weighted by Gasteiger charge is 2.31. The van der Waals surface area contributed by atoms with Crippen LogP contribution in [0.3, 0.4) is 0 Å². The number of piperidine rings is 1. The Balaban J connectivity index is 1.81. The van der Waals surface area contributed by atoms with Crippen molar-refractivity contribution in [2.24, 2.45) is 5.92 Å². The largest absolute Gasteiger partial charge is 0.443 e. The van der Waals surface area contributed by atoms with Gasteiger partial charge in [0.05, 0.1) is 5.69 Å². The molecule has 0 saturated carbocycles. The van der Waals surface area contributed by atoms with Gasteiger partial charge in [-0.25, -0.2) is 4.79 Å². The second-order valence-electron chi connectivity index (χ2n) is 7.70. The van der Waals surface area contributed by atoms with Gasteiger partial charge >= 0.3 is 6.09 Å². The molecule has 0 bridgehead atoms. The molecule has 0 unspecified atom stereocenters. The van der Waals surface area contributed by atoms with Crippen LogP contribution in [0.2, 0.25) is 0 Å². The highest BCUT2D eigenvalue weighted by atomic mass is 16.6. The number of nitrogens with zero attached hydrogens (tertiary/aromatic N) is 1. The van der Waals surface area contributed by atoms with E-state index in [1.165, 1.54) is 24.0 Å². The van der Waals surface area contributed by atoms with Crippen molar-refractivity contribution in [2.45, 2.75) is 52.1 Å². The Kier molecular flexibility index (Phi) is 4.62. The molecule has 4 nitrogen and oxygen atoms in total. The highest BCUT2D eigenvalue weighted by molar-refractivity contribution is 5.91. The molecule has 4 heteroatoms. The van der Waals surface area contributed by atoms with E-state index in [0.717, 1.165) is 38.2 Å². The number of hydrogen-bond acceptors (Lipinski definition) is 3. The number of para-hydroxylation sites is 1. The van der Waals surface area contributed by atoms with E-state index in [0.29, 0.717) is 5.92 Å². The van der Waals surface area contributed by atoms with E-state index >= 15 is 0 Å². The number of nitrogens with one attached hydrogen (secondary N) is 1. The predicted molar refractivity (Wildman–Crippen MR) is 93.0 cm³/mol. The molecule has 0 spiro atoms. The first-order valence-corrected chi connectivity index (χ1v) is 8.76. The van der Waals surface area contributed by atoms with Crippen molar-refractivity contribution in [2.75, 3.05) is 24.5 Å². The van der Waals surface area contributed by atoms with Crippen LogP contribution in [0.1, 0.15) is 44.7 Å². The molecule has 2 heterocycles. The number of benzene rings is 1. The van der Waals surface area contributed by atoms with Crippen molar-refractivity contribution in [3.63, 3.8) is 0 Å². The molecule has 0 aromatic heterocycles. The van der Waals surface area contributed by atoms with Crippen molar-refractivity contribution in [3.8, 4) is 0 Å². The molecule has 1 aromatic rings. The van der Waals surface area contributed by atoms with E-state index < -0.39 is 5.60 Å². The lowest BCUT2D eigenvalue weighted by molar-refractivity contribution is 0.0583. The predicted octanol–water partition coefficient (Wildman–Crippen LogP) is 3.53. The van der Waals surface area contributed by atoms with E-state index in [1.54, 1.807) is 0 Å². The number of fused-ring (bicyclic) bond motifs is 1. The fourth-order valence-corrected chi connectivity index (χ4v) is 3.60. The minimum absolute atomic E-state index is 0.214. The Morgan fingerprint density at radius 2 is 2.04 bits per heavy atom. The fourth-order valence-electron chi connectivity index (χ4n) is 3.60. The molecule has 2 aliphatic heterocycles. The number of rotatable bonds is 2. The molecular weight excluding hydrogens is 288 g/mol. The van der Waals surface area contributed by atoms with Crippen LogP contribution in [-0.4, -0.2) is 31.3 Å². The molecule has 23 heavy (non-hydrogen) atoms. The smallest absolute Gasteiger partial charge is 0.414 e. The molecule has 2 aliphatic rings. The monoisotopic (exact) mass is 316 g/mol. The van der Waals surface area contributed by atoms with Crippen LogP contribution < -0.4 is 10.2 Å². The molecule has 0 radical (unpaired) electrons. The molecule has 1 aromatic carbocycles. The van der Waals surface area contributed by atoms with Crippen LogP contribution in [0.15, 0.2) is 18.2 Å². The van der Waals surface area contributed by atoms with Crippen LogP contribution in [0.5, 0.6) is 0 Å². The van der Waals surface area contributed by atoms with Crippen LogP contribution in [0.4, 0.5) is 10.5 Å². The summed E-state index contributed by atoms with van der Waals surface area (Å²) in [4.78, 5) is 14.4. The Bertz CT molecular complexity index is 571. The first-order chi connectivity index (χ1) is 10.9. The molecule has 0 atom stereocenters. The maximum atomic E-state index is 12.6. The number of amides is 1. The molecule has 1 N–H and O–H groups in total. The van der Waals surface area contributed by atoms with Crippen molar-refractivity contribution >= 4 is 11.8 Å². The number of hydrogen-bond donors (Lipinski definition) is 1. The zero-order valence-corrected chi connectivity index (χ0v) is 14.5. The van der Waals surface area contributed by atoms with Gasteiger partial charge in [-0.2, -0.15) is 0 Å². The first kappa shape index (κ1) is 16.3. The summed E-state index contributed by atoms with van der Waals surface area (Å²) in [5.41, 5.74) is 3.24. The second-order valence-corrected chi connectivity index (χ2v) is 7.70. The summed E-state index contributed by atoms with van der Waals surface area (Å²) in [6, 6.07) is 6.46. The van der Waals surface area contributed by atoms with Crippen LogP contribution >= 0.6 is 0 Å². The van der Waals surface area contributed by atoms with Gasteiger partial charge in [-0.1, -0.05) is 18.2 Å². The van der Waals surface area contributed by atoms with Crippen LogP contribution in [0.25, 0.3) is 0 Å². The van der Waals surface area contributed by atoms with E-state index in [-0.39, 0.29) is 6.09 Å². The molecule has 126 valence electrons. The molecule has 1 fully saturated rings. The normalized spacial score (nSPS) is 18.8. The maximum Gasteiger partial charge on any atom is 0.414 e. The molecule has 1 saturated heterocycles. The summed E-state index contributed by atoms with van der Waals surface area (Å²) < 4.78 is 5.60. The van der Waals surface area contributed by atoms with E-state index in [4.69, 9.17) is 4.74 Å². The van der Waals surface area contributed by atoms with Crippen molar-refractivity contribution in [3.05, 3.63) is 29.3 Å². The first-order valence-electron chi connectivity index (χ1n) is 8.76. The summed E-state index contributed by atoms with van der Waals surface area (Å²) in [5.74, 6) is 0.712. The van der Waals surface area contributed by atoms with Crippen molar-refractivity contribution in [1.82, 2.24) is 5.32 Å². The van der Waals surface area contributed by atoms with E-state index in [9.17, 15) is 4.79 Å². The Labute approximate surface area is 139 Å². The zero-order chi connectivity index (χ0) is 16.4. The van der Waals surface area contributed by atoms with Gasteiger partial charge < -0.3 is 10.1 Å². The average Bonchev–Trinajstić information content (AvgIpc) is 2.92. The van der Waals surface area contributed by atoms with Gasteiger partial charge in [0, 0.05) is 6.54 Å². The number of anilines is 1. The number of carbonyl (C=O) groups is 1. The van der Waals surface area contributed by atoms with Gasteiger partial charge in [0.15, 0.2) is 0 Å². The summed E-state index contributed by atoms with van der Waals surface area (Å²) in [6.07, 6.45) is 4.21. The number of ether oxygens (including phenoxy) is 1. The fraction of sp³-hybridized carbons (Fsp3) is 0.632. The van der Waals surface area contributed by atoms with E-state index in [1.807, 2.05) is 25.7 Å². The Hall–Kier alpha value is -1.55. The minimum atomic E-state index is -0.455. The van der Waals surface area contributed by atoms with Crippen LogP contribution in [-0.2, 0) is 17.6 Å². The molecular formula is C19H28N2O2. The average molecular weight is 316 g/mol. The second kappa shape index (κ2) is 6.52. The summed E-state index contributed by atoms with van der Waals surface area (Å²) in [7, 11) is 0. The van der Waals surface area contributed by atoms with Crippen molar-refractivity contribution in [1.29, 1.82) is 0 Å². The third-order valence-corrected chi connectivity index (χ3v) is 4.66. The lowest BCUT2D eigenvalue weighted by atomic mass is 9.89. The van der Waals surface area contributed by atoms with Crippen LogP contribution in [0, 0.1) is 5.92 Å². The summed E-state index contributed by atoms with van der Waals surface area (Å²) in [5, 5.41) is 3.42. The zero-order valence-electron chi connectivity index (χ0n) is 14.5.